The molecule has 2 aliphatic heterocycles. The fourth-order valence-electron chi connectivity index (χ4n) is 3.51. The molecule has 0 spiro atoms. The summed E-state index contributed by atoms with van der Waals surface area (Å²) in [6.07, 6.45) is 2.07. The van der Waals surface area contributed by atoms with Gasteiger partial charge in [0.1, 0.15) is 0 Å². The molecule has 0 saturated carbocycles. The Labute approximate surface area is 130 Å². The van der Waals surface area contributed by atoms with Crippen molar-refractivity contribution in [2.45, 2.75) is 39.4 Å². The van der Waals surface area contributed by atoms with Crippen LogP contribution in [0.1, 0.15) is 27.2 Å². The molecule has 5 heteroatoms. The number of morpholine rings is 1. The van der Waals surface area contributed by atoms with Gasteiger partial charge in [-0.2, -0.15) is 0 Å². The molecule has 2 rings (SSSR count). The number of rotatable bonds is 5. The summed E-state index contributed by atoms with van der Waals surface area (Å²) in [5, 5.41) is 3.48. The molecule has 2 saturated heterocycles. The monoisotopic (exact) mass is 305 g/mol. The van der Waals surface area contributed by atoms with Gasteiger partial charge < -0.3 is 15.0 Å². The van der Waals surface area contributed by atoms with E-state index in [0.29, 0.717) is 17.6 Å². The van der Waals surface area contributed by atoms with Crippen LogP contribution in [0.5, 0.6) is 0 Å². The largest absolute Gasteiger partial charge is 0.373 e. The average Bonchev–Trinajstić information content (AvgIpc) is 2.72. The molecule has 0 bridgehead atoms. The van der Waals surface area contributed by atoms with Crippen LogP contribution in [-0.4, -0.2) is 74.9 Å². The van der Waals surface area contributed by atoms with E-state index in [0.717, 1.165) is 26.2 Å². The number of hydrogen-bond acceptors (Lipinski definition) is 4. The minimum absolute atomic E-state index is 0. The normalized spacial score (nSPS) is 35.2. The van der Waals surface area contributed by atoms with Gasteiger partial charge in [0.25, 0.3) is 0 Å². The van der Waals surface area contributed by atoms with Gasteiger partial charge in [0.2, 0.25) is 0 Å². The van der Waals surface area contributed by atoms with E-state index in [1.807, 2.05) is 0 Å². The maximum absolute atomic E-state index is 5.78. The Morgan fingerprint density at radius 3 is 2.50 bits per heavy atom. The van der Waals surface area contributed by atoms with Gasteiger partial charge in [-0.1, -0.05) is 6.92 Å². The van der Waals surface area contributed by atoms with Gasteiger partial charge in [0.15, 0.2) is 0 Å². The zero-order chi connectivity index (χ0) is 13.9. The predicted octanol–water partition coefficient (Wildman–Crippen LogP) is 1.45. The van der Waals surface area contributed by atoms with E-state index >= 15 is 0 Å². The molecule has 4 nitrogen and oxygen atoms in total. The Morgan fingerprint density at radius 2 is 1.95 bits per heavy atom. The second kappa shape index (κ2) is 7.95. The maximum Gasteiger partial charge on any atom is 0.0678 e. The van der Waals surface area contributed by atoms with Crippen molar-refractivity contribution in [1.82, 2.24) is 15.1 Å². The highest BCUT2D eigenvalue weighted by molar-refractivity contribution is 5.85. The van der Waals surface area contributed by atoms with Crippen LogP contribution in [0.25, 0.3) is 0 Å². The maximum atomic E-state index is 5.78. The Morgan fingerprint density at radius 1 is 1.30 bits per heavy atom. The molecular weight excluding hydrogens is 274 g/mol. The molecule has 2 aliphatic rings. The first-order valence-corrected chi connectivity index (χ1v) is 7.74. The number of ether oxygens (including phenoxy) is 1. The van der Waals surface area contributed by atoms with Crippen molar-refractivity contribution in [2.75, 3.05) is 52.9 Å². The second-order valence-electron chi connectivity index (χ2n) is 6.99. The average molecular weight is 306 g/mol. The molecule has 0 aliphatic carbocycles. The van der Waals surface area contributed by atoms with E-state index in [2.05, 4.69) is 42.9 Å². The van der Waals surface area contributed by atoms with Crippen molar-refractivity contribution < 1.29 is 4.74 Å². The quantitative estimate of drug-likeness (QED) is 0.832. The minimum atomic E-state index is 0. The number of nitrogens with zero attached hydrogens (tertiary/aromatic N) is 2. The SMILES string of the molecule is C[C@@H]1CN(CCN(C)CC2(C)CCNC2)C[C@H](C)O1.Cl. The van der Waals surface area contributed by atoms with Crippen molar-refractivity contribution >= 4 is 12.4 Å². The van der Waals surface area contributed by atoms with Crippen molar-refractivity contribution in [3.05, 3.63) is 0 Å². The summed E-state index contributed by atoms with van der Waals surface area (Å²) < 4.78 is 5.78. The lowest BCUT2D eigenvalue weighted by molar-refractivity contribution is -0.0693. The van der Waals surface area contributed by atoms with Crippen LogP contribution >= 0.6 is 12.4 Å². The first kappa shape index (κ1) is 18.2. The molecule has 2 fully saturated rings. The van der Waals surface area contributed by atoms with E-state index in [9.17, 15) is 0 Å². The molecule has 1 unspecified atom stereocenters. The third kappa shape index (κ3) is 5.49. The number of halogens is 1. The molecule has 2 heterocycles. The summed E-state index contributed by atoms with van der Waals surface area (Å²) in [5.41, 5.74) is 0.473. The molecule has 0 radical (unpaired) electrons. The number of hydrogen-bond donors (Lipinski definition) is 1. The van der Waals surface area contributed by atoms with Crippen LogP contribution in [0, 0.1) is 5.41 Å². The second-order valence-corrected chi connectivity index (χ2v) is 6.99. The summed E-state index contributed by atoms with van der Waals surface area (Å²) in [5.74, 6) is 0. The van der Waals surface area contributed by atoms with Crippen molar-refractivity contribution in [1.29, 1.82) is 0 Å². The molecule has 0 aromatic rings. The van der Waals surface area contributed by atoms with E-state index in [1.54, 1.807) is 0 Å². The lowest BCUT2D eigenvalue weighted by Crippen LogP contribution is -2.48. The van der Waals surface area contributed by atoms with Crippen molar-refractivity contribution in [3.63, 3.8) is 0 Å². The molecule has 0 aromatic heterocycles. The van der Waals surface area contributed by atoms with Crippen LogP contribution in [0.3, 0.4) is 0 Å². The predicted molar refractivity (Wildman–Crippen MR) is 86.8 cm³/mol. The Balaban J connectivity index is 0.00000200. The fraction of sp³-hybridized carbons (Fsp3) is 1.00. The highest BCUT2D eigenvalue weighted by atomic mass is 35.5. The van der Waals surface area contributed by atoms with Crippen LogP contribution in [0.4, 0.5) is 0 Å². The topological polar surface area (TPSA) is 27.7 Å². The van der Waals surface area contributed by atoms with Gasteiger partial charge in [-0.25, -0.2) is 0 Å². The summed E-state index contributed by atoms with van der Waals surface area (Å²) in [4.78, 5) is 5.04. The Bertz CT molecular complexity index is 274. The first-order valence-electron chi connectivity index (χ1n) is 7.74. The highest BCUT2D eigenvalue weighted by Crippen LogP contribution is 2.25. The van der Waals surface area contributed by atoms with E-state index in [1.165, 1.54) is 26.1 Å². The van der Waals surface area contributed by atoms with Crippen LogP contribution in [-0.2, 0) is 4.74 Å². The van der Waals surface area contributed by atoms with Crippen LogP contribution in [0.15, 0.2) is 0 Å². The highest BCUT2D eigenvalue weighted by Gasteiger charge is 2.30. The van der Waals surface area contributed by atoms with Gasteiger partial charge in [-0.05, 0) is 39.3 Å². The summed E-state index contributed by atoms with van der Waals surface area (Å²) in [6, 6.07) is 0. The third-order valence-corrected chi connectivity index (χ3v) is 4.40. The van der Waals surface area contributed by atoms with Gasteiger partial charge in [0.05, 0.1) is 12.2 Å². The molecule has 20 heavy (non-hydrogen) atoms. The lowest BCUT2D eigenvalue weighted by atomic mass is 9.89. The molecule has 3 atom stereocenters. The standard InChI is InChI=1S/C15H31N3O.ClH/c1-13-9-18(10-14(2)19-13)8-7-17(4)12-15(3)5-6-16-11-15;/h13-14,16H,5-12H2,1-4H3;1H/t13-,14+,15?;. The van der Waals surface area contributed by atoms with Crippen molar-refractivity contribution in [2.24, 2.45) is 5.41 Å². The molecule has 120 valence electrons. The Hall–Kier alpha value is 0.130. The third-order valence-electron chi connectivity index (χ3n) is 4.40. The van der Waals surface area contributed by atoms with Crippen molar-refractivity contribution in [3.8, 4) is 0 Å². The number of nitrogens with one attached hydrogen (secondary N) is 1. The molecule has 0 amide bonds. The van der Waals surface area contributed by atoms with Crippen LogP contribution < -0.4 is 5.32 Å². The van der Waals surface area contributed by atoms with Gasteiger partial charge in [-0.3, -0.25) is 4.90 Å². The van der Waals surface area contributed by atoms with E-state index < -0.39 is 0 Å². The zero-order valence-corrected chi connectivity index (χ0v) is 14.3. The van der Waals surface area contributed by atoms with E-state index in [-0.39, 0.29) is 12.4 Å². The summed E-state index contributed by atoms with van der Waals surface area (Å²) in [6.45, 7) is 14.8. The summed E-state index contributed by atoms with van der Waals surface area (Å²) >= 11 is 0. The minimum Gasteiger partial charge on any atom is -0.373 e. The smallest absolute Gasteiger partial charge is 0.0678 e. The summed E-state index contributed by atoms with van der Waals surface area (Å²) in [7, 11) is 2.26. The van der Waals surface area contributed by atoms with Gasteiger partial charge in [0, 0.05) is 39.3 Å². The van der Waals surface area contributed by atoms with E-state index in [4.69, 9.17) is 4.74 Å². The number of likely N-dealkylation sites (N-methyl/N-ethyl adjacent to an activating group) is 1. The zero-order valence-electron chi connectivity index (χ0n) is 13.5. The molecule has 0 aromatic carbocycles. The van der Waals surface area contributed by atoms with Crippen LogP contribution in [0.2, 0.25) is 0 Å². The first-order chi connectivity index (χ1) is 8.97. The Kier molecular flexibility index (Phi) is 7.22. The molecule has 1 N–H and O–H groups in total. The van der Waals surface area contributed by atoms with Gasteiger partial charge in [-0.15, -0.1) is 12.4 Å². The lowest BCUT2D eigenvalue weighted by Gasteiger charge is -2.37. The van der Waals surface area contributed by atoms with Gasteiger partial charge >= 0.3 is 0 Å². The fourth-order valence-corrected chi connectivity index (χ4v) is 3.51. The molecular formula is C15H32ClN3O.